The van der Waals surface area contributed by atoms with Gasteiger partial charge in [0.25, 0.3) is 0 Å². The van der Waals surface area contributed by atoms with E-state index in [0.29, 0.717) is 0 Å². The summed E-state index contributed by atoms with van der Waals surface area (Å²) in [5, 5.41) is 3.47. The number of aromatic nitrogens is 2. The van der Waals surface area contributed by atoms with Gasteiger partial charge < -0.3 is 15.1 Å². The van der Waals surface area contributed by atoms with Crippen molar-refractivity contribution in [1.82, 2.24) is 25.1 Å². The lowest BCUT2D eigenvalue weighted by Crippen LogP contribution is -2.53. The van der Waals surface area contributed by atoms with Gasteiger partial charge in [0.1, 0.15) is 0 Å². The molecule has 2 aliphatic rings. The summed E-state index contributed by atoms with van der Waals surface area (Å²) >= 11 is 0. The van der Waals surface area contributed by atoms with Gasteiger partial charge in [-0.3, -0.25) is 9.89 Å². The van der Waals surface area contributed by atoms with Crippen LogP contribution in [0.2, 0.25) is 0 Å². The van der Waals surface area contributed by atoms with E-state index in [4.69, 9.17) is 4.99 Å². The summed E-state index contributed by atoms with van der Waals surface area (Å²) in [7, 11) is 0. The molecule has 1 saturated heterocycles. The number of halogens is 1. The fourth-order valence-electron chi connectivity index (χ4n) is 4.04. The van der Waals surface area contributed by atoms with Crippen LogP contribution in [-0.2, 0) is 13.0 Å². The van der Waals surface area contributed by atoms with E-state index in [1.165, 1.54) is 11.1 Å². The highest BCUT2D eigenvalue weighted by molar-refractivity contribution is 14.0. The largest absolute Gasteiger partial charge is 0.357 e. The maximum atomic E-state index is 4.93. The topological polar surface area (TPSA) is 59.9 Å². The number of anilines is 1. The molecule has 0 spiro atoms. The molecule has 30 heavy (non-hydrogen) atoms. The van der Waals surface area contributed by atoms with Crippen LogP contribution in [0.4, 0.5) is 5.95 Å². The maximum Gasteiger partial charge on any atom is 0.225 e. The van der Waals surface area contributed by atoms with Crippen LogP contribution in [-0.4, -0.2) is 78.1 Å². The molecule has 0 saturated carbocycles. The zero-order valence-corrected chi connectivity index (χ0v) is 20.0. The Labute approximate surface area is 196 Å². The van der Waals surface area contributed by atoms with Crippen LogP contribution < -0.4 is 10.2 Å². The molecule has 162 valence electrons. The Morgan fingerprint density at radius 1 is 1.00 bits per heavy atom. The SMILES string of the molecule is CCNC(=NCCN1CCc2ccccc2C1)N1CCN(c2ncccn2)CC1.I. The first-order valence-electron chi connectivity index (χ1n) is 10.7. The van der Waals surface area contributed by atoms with Gasteiger partial charge in [0.15, 0.2) is 5.96 Å². The molecule has 8 heteroatoms. The van der Waals surface area contributed by atoms with Crippen LogP contribution in [0.15, 0.2) is 47.7 Å². The van der Waals surface area contributed by atoms with Gasteiger partial charge in [-0.05, 0) is 30.5 Å². The highest BCUT2D eigenvalue weighted by Gasteiger charge is 2.21. The summed E-state index contributed by atoms with van der Waals surface area (Å²) in [6.45, 7) is 10.7. The molecular formula is C22H32IN7. The second kappa shape index (κ2) is 11.5. The molecule has 1 aromatic carbocycles. The van der Waals surface area contributed by atoms with E-state index < -0.39 is 0 Å². The minimum atomic E-state index is 0. The van der Waals surface area contributed by atoms with Gasteiger partial charge in [-0.2, -0.15) is 0 Å². The van der Waals surface area contributed by atoms with Crippen molar-refractivity contribution in [3.05, 3.63) is 53.9 Å². The van der Waals surface area contributed by atoms with Crippen LogP contribution in [0.25, 0.3) is 0 Å². The molecule has 1 aromatic heterocycles. The standard InChI is InChI=1S/C22H31N7.HI/c1-2-23-21(28-14-16-29(17-15-28)22-24-9-5-10-25-22)26-11-13-27-12-8-19-6-3-4-7-20(19)18-27;/h3-7,9-10H,2,8,11-18H2,1H3,(H,23,26);1H. The molecule has 7 nitrogen and oxygen atoms in total. The van der Waals surface area contributed by atoms with Gasteiger partial charge >= 0.3 is 0 Å². The zero-order valence-electron chi connectivity index (χ0n) is 17.7. The predicted molar refractivity (Wildman–Crippen MR) is 133 cm³/mol. The van der Waals surface area contributed by atoms with Crippen LogP contribution in [0.3, 0.4) is 0 Å². The van der Waals surface area contributed by atoms with Crippen LogP contribution in [0.5, 0.6) is 0 Å². The number of nitrogens with zero attached hydrogens (tertiary/aromatic N) is 6. The molecule has 2 aliphatic heterocycles. The van der Waals surface area contributed by atoms with Crippen LogP contribution in [0.1, 0.15) is 18.1 Å². The molecule has 2 aromatic rings. The van der Waals surface area contributed by atoms with Crippen molar-refractivity contribution < 1.29 is 0 Å². The molecule has 0 amide bonds. The van der Waals surface area contributed by atoms with Crippen molar-refractivity contribution in [3.8, 4) is 0 Å². The number of hydrogen-bond donors (Lipinski definition) is 1. The van der Waals surface area contributed by atoms with E-state index in [2.05, 4.69) is 61.2 Å². The molecule has 0 bridgehead atoms. The Morgan fingerprint density at radius 3 is 2.47 bits per heavy atom. The quantitative estimate of drug-likeness (QED) is 0.370. The van der Waals surface area contributed by atoms with Crippen molar-refractivity contribution >= 4 is 35.9 Å². The highest BCUT2D eigenvalue weighted by Crippen LogP contribution is 2.18. The third kappa shape index (κ3) is 5.81. The number of piperazine rings is 1. The molecule has 1 fully saturated rings. The van der Waals surface area contributed by atoms with Crippen molar-refractivity contribution in [2.75, 3.05) is 57.3 Å². The van der Waals surface area contributed by atoms with Gasteiger partial charge in [0, 0.05) is 64.8 Å². The van der Waals surface area contributed by atoms with E-state index in [1.54, 1.807) is 12.4 Å². The summed E-state index contributed by atoms with van der Waals surface area (Å²) < 4.78 is 0. The molecular weight excluding hydrogens is 489 g/mol. The summed E-state index contributed by atoms with van der Waals surface area (Å²) in [5.74, 6) is 1.85. The van der Waals surface area contributed by atoms with Gasteiger partial charge in [0.2, 0.25) is 5.95 Å². The Balaban J connectivity index is 0.00000256. The molecule has 0 atom stereocenters. The van der Waals surface area contributed by atoms with Crippen molar-refractivity contribution in [2.24, 2.45) is 4.99 Å². The summed E-state index contributed by atoms with van der Waals surface area (Å²) in [5.41, 5.74) is 2.97. The van der Waals surface area contributed by atoms with Crippen molar-refractivity contribution in [2.45, 2.75) is 19.9 Å². The Bertz CT molecular complexity index is 806. The van der Waals surface area contributed by atoms with E-state index >= 15 is 0 Å². The number of hydrogen-bond acceptors (Lipinski definition) is 5. The van der Waals surface area contributed by atoms with Crippen molar-refractivity contribution in [3.63, 3.8) is 0 Å². The number of rotatable bonds is 5. The normalized spacial score (nSPS) is 17.3. The molecule has 4 rings (SSSR count). The van der Waals surface area contributed by atoms with Crippen LogP contribution >= 0.6 is 24.0 Å². The number of fused-ring (bicyclic) bond motifs is 1. The second-order valence-electron chi connectivity index (χ2n) is 7.55. The Morgan fingerprint density at radius 2 is 1.73 bits per heavy atom. The van der Waals surface area contributed by atoms with Crippen LogP contribution in [0, 0.1) is 0 Å². The summed E-state index contributed by atoms with van der Waals surface area (Å²) in [6, 6.07) is 10.7. The lowest BCUT2D eigenvalue weighted by molar-refractivity contribution is 0.261. The minimum absolute atomic E-state index is 0. The van der Waals surface area contributed by atoms with E-state index in [1.807, 2.05) is 6.07 Å². The van der Waals surface area contributed by atoms with Crippen molar-refractivity contribution in [1.29, 1.82) is 0 Å². The number of aliphatic imine (C=N–C) groups is 1. The smallest absolute Gasteiger partial charge is 0.225 e. The predicted octanol–water partition coefficient (Wildman–Crippen LogP) is 2.24. The number of nitrogens with one attached hydrogen (secondary N) is 1. The molecule has 3 heterocycles. The van der Waals surface area contributed by atoms with E-state index in [0.717, 1.165) is 77.2 Å². The first-order valence-corrected chi connectivity index (χ1v) is 10.7. The summed E-state index contributed by atoms with van der Waals surface area (Å²) in [6.07, 6.45) is 4.75. The molecule has 1 N–H and O–H groups in total. The second-order valence-corrected chi connectivity index (χ2v) is 7.55. The number of benzene rings is 1. The third-order valence-corrected chi connectivity index (χ3v) is 5.64. The summed E-state index contributed by atoms with van der Waals surface area (Å²) in [4.78, 5) is 20.8. The van der Waals surface area contributed by atoms with Gasteiger partial charge in [-0.15, -0.1) is 24.0 Å². The molecule has 0 radical (unpaired) electrons. The van der Waals surface area contributed by atoms with Gasteiger partial charge in [-0.1, -0.05) is 24.3 Å². The Kier molecular flexibility index (Phi) is 8.68. The first-order chi connectivity index (χ1) is 14.3. The fraction of sp³-hybridized carbons (Fsp3) is 0.500. The van der Waals surface area contributed by atoms with E-state index in [9.17, 15) is 0 Å². The van der Waals surface area contributed by atoms with Gasteiger partial charge in [0.05, 0.1) is 6.54 Å². The van der Waals surface area contributed by atoms with E-state index in [-0.39, 0.29) is 24.0 Å². The maximum absolute atomic E-state index is 4.93. The average Bonchev–Trinajstić information content (AvgIpc) is 2.79. The fourth-order valence-corrected chi connectivity index (χ4v) is 4.04. The monoisotopic (exact) mass is 521 g/mol. The lowest BCUT2D eigenvalue weighted by atomic mass is 10.00. The average molecular weight is 521 g/mol. The lowest BCUT2D eigenvalue weighted by Gasteiger charge is -2.36. The molecule has 0 aliphatic carbocycles. The van der Waals surface area contributed by atoms with Gasteiger partial charge in [-0.25, -0.2) is 9.97 Å². The zero-order chi connectivity index (χ0) is 19.9. The molecule has 0 unspecified atom stereocenters. The third-order valence-electron chi connectivity index (χ3n) is 5.64. The first kappa shape index (κ1) is 22.7. The Hall–Kier alpha value is -1.94. The highest BCUT2D eigenvalue weighted by atomic mass is 127. The number of guanidine groups is 1. The minimum Gasteiger partial charge on any atom is -0.357 e.